The Kier molecular flexibility index (Phi) is 4.35. The Morgan fingerprint density at radius 1 is 1.30 bits per heavy atom. The second-order valence-corrected chi connectivity index (χ2v) is 6.44. The van der Waals surface area contributed by atoms with Crippen LogP contribution in [-0.2, 0) is 0 Å². The number of rotatable bonds is 4. The van der Waals surface area contributed by atoms with Crippen molar-refractivity contribution >= 4 is 34.4 Å². The van der Waals surface area contributed by atoms with Crippen molar-refractivity contribution in [2.24, 2.45) is 5.73 Å². The maximum Gasteiger partial charge on any atom is 0.137 e. The number of pyridine rings is 1. The molecule has 0 spiro atoms. The molecule has 4 nitrogen and oxygen atoms in total. The molecule has 0 aromatic carbocycles. The molecule has 0 bridgehead atoms. The molecule has 20 heavy (non-hydrogen) atoms. The Balaban J connectivity index is 2.32. The summed E-state index contributed by atoms with van der Waals surface area (Å²) in [6.07, 6.45) is 0. The predicted octanol–water partition coefficient (Wildman–Crippen LogP) is 3.27. The van der Waals surface area contributed by atoms with Gasteiger partial charge in [0.05, 0.1) is 22.3 Å². The molecule has 0 radical (unpaired) electrons. The van der Waals surface area contributed by atoms with Crippen LogP contribution in [0.15, 0.2) is 12.1 Å². The minimum Gasteiger partial charge on any atom is -0.389 e. The van der Waals surface area contributed by atoms with Crippen LogP contribution >= 0.6 is 23.6 Å². The van der Waals surface area contributed by atoms with Crippen LogP contribution in [0.25, 0.3) is 0 Å². The van der Waals surface area contributed by atoms with Gasteiger partial charge >= 0.3 is 0 Å². The molecule has 106 valence electrons. The maximum atomic E-state index is 5.75. The average Bonchev–Trinajstić information content (AvgIpc) is 2.68. The smallest absolute Gasteiger partial charge is 0.137 e. The van der Waals surface area contributed by atoms with E-state index in [0.717, 1.165) is 27.8 Å². The lowest BCUT2D eigenvalue weighted by Crippen LogP contribution is -2.16. The molecule has 0 amide bonds. The molecule has 2 aromatic heterocycles. The highest BCUT2D eigenvalue weighted by molar-refractivity contribution is 7.80. The van der Waals surface area contributed by atoms with E-state index in [1.807, 2.05) is 32.9 Å². The molecule has 2 rings (SSSR count). The maximum absolute atomic E-state index is 5.75. The summed E-state index contributed by atoms with van der Waals surface area (Å²) in [6.45, 7) is 8.07. The van der Waals surface area contributed by atoms with Crippen LogP contribution < -0.4 is 11.1 Å². The number of nitrogens with one attached hydrogen (secondary N) is 1. The SMILES string of the molecule is Cc1ccc(C(N)=S)c(NC(C)c2sc(C)nc2C)n1. The van der Waals surface area contributed by atoms with E-state index in [2.05, 4.69) is 22.2 Å². The van der Waals surface area contributed by atoms with Gasteiger partial charge in [-0.3, -0.25) is 0 Å². The quantitative estimate of drug-likeness (QED) is 0.849. The number of nitrogens with two attached hydrogens (primary N) is 1. The van der Waals surface area contributed by atoms with E-state index < -0.39 is 0 Å². The van der Waals surface area contributed by atoms with Crippen LogP contribution in [0.1, 0.15) is 39.8 Å². The van der Waals surface area contributed by atoms with Gasteiger partial charge in [0.15, 0.2) is 0 Å². The van der Waals surface area contributed by atoms with Crippen molar-refractivity contribution in [1.82, 2.24) is 9.97 Å². The zero-order chi connectivity index (χ0) is 14.9. The van der Waals surface area contributed by atoms with Crippen LogP contribution in [-0.4, -0.2) is 15.0 Å². The minimum absolute atomic E-state index is 0.114. The molecule has 2 aromatic rings. The summed E-state index contributed by atoms with van der Waals surface area (Å²) in [7, 11) is 0. The molecule has 6 heteroatoms. The lowest BCUT2D eigenvalue weighted by molar-refractivity contribution is 0.877. The number of hydrogen-bond acceptors (Lipinski definition) is 5. The summed E-state index contributed by atoms with van der Waals surface area (Å²) in [4.78, 5) is 10.5. The number of hydrogen-bond donors (Lipinski definition) is 2. The van der Waals surface area contributed by atoms with Gasteiger partial charge in [0.1, 0.15) is 10.8 Å². The number of thiocarbonyl (C=S) groups is 1. The highest BCUT2D eigenvalue weighted by Gasteiger charge is 2.16. The summed E-state index contributed by atoms with van der Waals surface area (Å²) >= 11 is 6.77. The first-order valence-electron chi connectivity index (χ1n) is 6.36. The van der Waals surface area contributed by atoms with Gasteiger partial charge in [-0.1, -0.05) is 12.2 Å². The number of anilines is 1. The van der Waals surface area contributed by atoms with E-state index in [0.29, 0.717) is 4.99 Å². The van der Waals surface area contributed by atoms with Gasteiger partial charge in [0.25, 0.3) is 0 Å². The first-order valence-corrected chi connectivity index (χ1v) is 7.59. The van der Waals surface area contributed by atoms with Gasteiger partial charge in [0, 0.05) is 10.6 Å². The highest BCUT2D eigenvalue weighted by atomic mass is 32.1. The molecule has 0 aliphatic heterocycles. The van der Waals surface area contributed by atoms with Gasteiger partial charge in [-0.2, -0.15) is 0 Å². The van der Waals surface area contributed by atoms with E-state index in [4.69, 9.17) is 18.0 Å². The predicted molar refractivity (Wildman–Crippen MR) is 88.5 cm³/mol. The van der Waals surface area contributed by atoms with Crippen molar-refractivity contribution in [2.45, 2.75) is 33.7 Å². The van der Waals surface area contributed by atoms with Crippen LogP contribution in [0.5, 0.6) is 0 Å². The highest BCUT2D eigenvalue weighted by Crippen LogP contribution is 2.28. The Morgan fingerprint density at radius 2 is 2.00 bits per heavy atom. The molecule has 0 fully saturated rings. The minimum atomic E-state index is 0.114. The van der Waals surface area contributed by atoms with E-state index in [9.17, 15) is 0 Å². The van der Waals surface area contributed by atoms with Gasteiger partial charge in [0.2, 0.25) is 0 Å². The molecule has 2 heterocycles. The molecular weight excluding hydrogens is 288 g/mol. The summed E-state index contributed by atoms with van der Waals surface area (Å²) < 4.78 is 0. The largest absolute Gasteiger partial charge is 0.389 e. The van der Waals surface area contributed by atoms with Crippen molar-refractivity contribution in [3.05, 3.63) is 39.0 Å². The van der Waals surface area contributed by atoms with Gasteiger partial charge in [-0.25, -0.2) is 9.97 Å². The van der Waals surface area contributed by atoms with Crippen LogP contribution in [0.3, 0.4) is 0 Å². The van der Waals surface area contributed by atoms with E-state index in [-0.39, 0.29) is 6.04 Å². The second kappa shape index (κ2) is 5.85. The van der Waals surface area contributed by atoms with E-state index in [1.165, 1.54) is 4.88 Å². The van der Waals surface area contributed by atoms with Crippen molar-refractivity contribution in [1.29, 1.82) is 0 Å². The third-order valence-corrected chi connectivity index (χ3v) is 4.46. The van der Waals surface area contributed by atoms with Crippen LogP contribution in [0, 0.1) is 20.8 Å². The third-order valence-electron chi connectivity index (χ3n) is 2.99. The standard InChI is InChI=1S/C14H18N4S2/c1-7-5-6-11(13(15)19)14(16-7)18-9(3)12-8(2)17-10(4)20-12/h5-6,9H,1-4H3,(H2,15,19)(H,16,18). The molecular formula is C14H18N4S2. The zero-order valence-electron chi connectivity index (χ0n) is 12.0. The fourth-order valence-corrected chi connectivity index (χ4v) is 3.18. The van der Waals surface area contributed by atoms with Crippen LogP contribution in [0.2, 0.25) is 0 Å². The molecule has 1 atom stereocenters. The summed E-state index contributed by atoms with van der Waals surface area (Å²) in [5.74, 6) is 0.732. The lowest BCUT2D eigenvalue weighted by atomic mass is 10.2. The van der Waals surface area contributed by atoms with E-state index in [1.54, 1.807) is 11.3 Å². The number of nitrogens with zero attached hydrogens (tertiary/aromatic N) is 2. The number of aromatic nitrogens is 2. The fraction of sp³-hybridized carbons (Fsp3) is 0.357. The molecule has 0 saturated carbocycles. The Hall–Kier alpha value is -1.53. The van der Waals surface area contributed by atoms with Crippen LogP contribution in [0.4, 0.5) is 5.82 Å². The molecule has 0 aliphatic rings. The first-order chi connectivity index (χ1) is 9.38. The second-order valence-electron chi connectivity index (χ2n) is 4.76. The van der Waals surface area contributed by atoms with Crippen molar-refractivity contribution < 1.29 is 0 Å². The summed E-state index contributed by atoms with van der Waals surface area (Å²) in [5, 5.41) is 4.46. The number of thiazole rings is 1. The summed E-state index contributed by atoms with van der Waals surface area (Å²) in [6, 6.07) is 3.93. The zero-order valence-corrected chi connectivity index (χ0v) is 13.7. The van der Waals surface area contributed by atoms with Crippen molar-refractivity contribution in [2.75, 3.05) is 5.32 Å². The lowest BCUT2D eigenvalue weighted by Gasteiger charge is -2.16. The van der Waals surface area contributed by atoms with Gasteiger partial charge in [-0.05, 0) is 39.8 Å². The normalized spacial score (nSPS) is 12.2. The van der Waals surface area contributed by atoms with Gasteiger partial charge in [-0.15, -0.1) is 11.3 Å². The van der Waals surface area contributed by atoms with E-state index >= 15 is 0 Å². The average molecular weight is 306 g/mol. The third kappa shape index (κ3) is 3.13. The monoisotopic (exact) mass is 306 g/mol. The number of aryl methyl sites for hydroxylation is 3. The first kappa shape index (κ1) is 14.9. The molecule has 3 N–H and O–H groups in total. The van der Waals surface area contributed by atoms with Crippen molar-refractivity contribution in [3.63, 3.8) is 0 Å². The Labute approximate surface area is 128 Å². The summed E-state index contributed by atoms with van der Waals surface area (Å²) in [5.41, 5.74) is 8.51. The Morgan fingerprint density at radius 3 is 2.55 bits per heavy atom. The molecule has 0 saturated heterocycles. The molecule has 1 unspecified atom stereocenters. The topological polar surface area (TPSA) is 63.8 Å². The van der Waals surface area contributed by atoms with Gasteiger partial charge < -0.3 is 11.1 Å². The fourth-order valence-electron chi connectivity index (χ4n) is 2.08. The molecule has 0 aliphatic carbocycles. The van der Waals surface area contributed by atoms with Crippen molar-refractivity contribution in [3.8, 4) is 0 Å². The Bertz CT molecular complexity index is 649.